The molecule has 1 nitrogen and oxygen atoms in total. The quantitative estimate of drug-likeness (QED) is 0.692. The Bertz CT molecular complexity index is 477. The van der Waals surface area contributed by atoms with Crippen LogP contribution in [0, 0.1) is 0 Å². The predicted molar refractivity (Wildman–Crippen MR) is 87.3 cm³/mol. The molecular weight excluding hydrogens is 244 g/mol. The van der Waals surface area contributed by atoms with Gasteiger partial charge in [0, 0.05) is 0 Å². The van der Waals surface area contributed by atoms with Crippen molar-refractivity contribution in [2.75, 3.05) is 13.2 Å². The summed E-state index contributed by atoms with van der Waals surface area (Å²) >= 11 is 0. The van der Waals surface area contributed by atoms with E-state index in [0.29, 0.717) is 0 Å². The molecule has 0 unspecified atom stereocenters. The van der Waals surface area contributed by atoms with Crippen LogP contribution in [0.1, 0.15) is 64.7 Å². The monoisotopic (exact) mass is 272 g/mol. The van der Waals surface area contributed by atoms with Gasteiger partial charge in [0.15, 0.2) is 0 Å². The lowest BCUT2D eigenvalue weighted by Crippen LogP contribution is -2.17. The van der Waals surface area contributed by atoms with E-state index in [0.717, 1.165) is 19.6 Å². The molecule has 0 fully saturated rings. The van der Waals surface area contributed by atoms with Gasteiger partial charge in [0.25, 0.3) is 0 Å². The van der Waals surface area contributed by atoms with Crippen LogP contribution in [0.5, 0.6) is 0 Å². The van der Waals surface area contributed by atoms with Gasteiger partial charge in [0.2, 0.25) is 0 Å². The first kappa shape index (κ1) is 15.3. The number of hydrogen-bond acceptors (Lipinski definition) is 1. The van der Waals surface area contributed by atoms with Gasteiger partial charge in [0.1, 0.15) is 0 Å². The maximum Gasteiger partial charge on any atom is 0.0653 e. The van der Waals surface area contributed by atoms with Crippen molar-refractivity contribution in [1.29, 1.82) is 0 Å². The van der Waals surface area contributed by atoms with Gasteiger partial charge >= 0.3 is 0 Å². The molecule has 0 atom stereocenters. The van der Waals surface area contributed by atoms with Gasteiger partial charge < -0.3 is 4.74 Å². The summed E-state index contributed by atoms with van der Waals surface area (Å²) in [6, 6.07) is 7.11. The van der Waals surface area contributed by atoms with Gasteiger partial charge in [-0.25, -0.2) is 0 Å². The molecule has 1 heterocycles. The fourth-order valence-electron chi connectivity index (χ4n) is 2.47. The van der Waals surface area contributed by atoms with Crippen LogP contribution in [0.25, 0.3) is 5.57 Å². The Labute approximate surface area is 124 Å². The van der Waals surface area contributed by atoms with E-state index >= 15 is 0 Å². The van der Waals surface area contributed by atoms with Gasteiger partial charge in [-0.3, -0.25) is 0 Å². The average Bonchev–Trinajstić information content (AvgIpc) is 2.37. The number of ether oxygens (including phenoxy) is 1. The third kappa shape index (κ3) is 3.52. The Kier molecular flexibility index (Phi) is 4.11. The molecule has 0 spiro atoms. The zero-order valence-corrected chi connectivity index (χ0v) is 13.8. The van der Waals surface area contributed by atoms with Gasteiger partial charge in [-0.2, -0.15) is 0 Å². The summed E-state index contributed by atoms with van der Waals surface area (Å²) in [5.74, 6) is 0. The van der Waals surface area contributed by atoms with Crippen LogP contribution >= 0.6 is 0 Å². The molecule has 1 aliphatic rings. The van der Waals surface area contributed by atoms with Crippen LogP contribution in [-0.4, -0.2) is 13.2 Å². The van der Waals surface area contributed by atoms with Crippen molar-refractivity contribution in [1.82, 2.24) is 0 Å². The summed E-state index contributed by atoms with van der Waals surface area (Å²) < 4.78 is 5.44. The minimum absolute atomic E-state index is 0.182. The van der Waals surface area contributed by atoms with E-state index in [1.54, 1.807) is 0 Å². The van der Waals surface area contributed by atoms with Crippen molar-refractivity contribution in [2.24, 2.45) is 0 Å². The Hall–Kier alpha value is -1.08. The lowest BCUT2D eigenvalue weighted by molar-refractivity contribution is 0.161. The van der Waals surface area contributed by atoms with Crippen molar-refractivity contribution in [3.63, 3.8) is 0 Å². The highest BCUT2D eigenvalue weighted by Crippen LogP contribution is 2.33. The standard InChI is InChI=1S/C19H28O/c1-18(2,3)16-11-15(14-7-9-20-10-8-14)12-17(13-16)19(4,5)6/h7,11-13H,8-10H2,1-6H3. The second kappa shape index (κ2) is 5.37. The van der Waals surface area contributed by atoms with Gasteiger partial charge in [-0.1, -0.05) is 65.8 Å². The Morgan fingerprint density at radius 3 is 1.80 bits per heavy atom. The molecule has 2 rings (SSSR count). The number of benzene rings is 1. The van der Waals surface area contributed by atoms with E-state index in [2.05, 4.69) is 65.8 Å². The van der Waals surface area contributed by atoms with Crippen molar-refractivity contribution < 1.29 is 4.74 Å². The molecule has 1 aromatic carbocycles. The third-order valence-electron chi connectivity index (χ3n) is 4.00. The maximum atomic E-state index is 5.44. The molecular formula is C19H28O. The van der Waals surface area contributed by atoms with E-state index < -0.39 is 0 Å². The highest BCUT2D eigenvalue weighted by atomic mass is 16.5. The summed E-state index contributed by atoms with van der Waals surface area (Å²) in [5, 5.41) is 0. The van der Waals surface area contributed by atoms with Crippen LogP contribution in [0.2, 0.25) is 0 Å². The SMILES string of the molecule is CC(C)(C)c1cc(C2=CCOCC2)cc(C(C)(C)C)c1. The van der Waals surface area contributed by atoms with Crippen LogP contribution in [0.3, 0.4) is 0 Å². The molecule has 0 saturated carbocycles. The molecule has 0 N–H and O–H groups in total. The molecule has 110 valence electrons. The van der Waals surface area contributed by atoms with E-state index in [-0.39, 0.29) is 10.8 Å². The zero-order chi connectivity index (χ0) is 15.0. The largest absolute Gasteiger partial charge is 0.377 e. The summed E-state index contributed by atoms with van der Waals surface area (Å²) in [5.41, 5.74) is 6.03. The molecule has 0 radical (unpaired) electrons. The smallest absolute Gasteiger partial charge is 0.0653 e. The van der Waals surface area contributed by atoms with Crippen molar-refractivity contribution in [3.8, 4) is 0 Å². The summed E-state index contributed by atoms with van der Waals surface area (Å²) in [4.78, 5) is 0. The number of hydrogen-bond donors (Lipinski definition) is 0. The topological polar surface area (TPSA) is 9.23 Å². The van der Waals surface area contributed by atoms with E-state index in [4.69, 9.17) is 4.74 Å². The predicted octanol–water partition coefficient (Wildman–Crippen LogP) is 5.09. The van der Waals surface area contributed by atoms with Gasteiger partial charge in [-0.05, 0) is 39.5 Å². The van der Waals surface area contributed by atoms with Crippen LogP contribution in [0.15, 0.2) is 24.3 Å². The first-order valence-electron chi connectivity index (χ1n) is 7.61. The fourth-order valence-corrected chi connectivity index (χ4v) is 2.47. The van der Waals surface area contributed by atoms with Gasteiger partial charge in [0.05, 0.1) is 13.2 Å². The maximum absolute atomic E-state index is 5.44. The molecule has 0 bridgehead atoms. The highest BCUT2D eigenvalue weighted by molar-refractivity contribution is 5.68. The van der Waals surface area contributed by atoms with E-state index in [1.165, 1.54) is 22.3 Å². The lowest BCUT2D eigenvalue weighted by atomic mass is 9.78. The third-order valence-corrected chi connectivity index (χ3v) is 4.00. The Balaban J connectivity index is 2.54. The van der Waals surface area contributed by atoms with Crippen molar-refractivity contribution >= 4 is 5.57 Å². The minimum Gasteiger partial charge on any atom is -0.377 e. The Morgan fingerprint density at radius 1 is 0.850 bits per heavy atom. The van der Waals surface area contributed by atoms with Crippen LogP contribution < -0.4 is 0 Å². The van der Waals surface area contributed by atoms with Gasteiger partial charge in [-0.15, -0.1) is 0 Å². The van der Waals surface area contributed by atoms with Crippen molar-refractivity contribution in [2.45, 2.75) is 58.8 Å². The molecule has 0 amide bonds. The molecule has 0 aliphatic carbocycles. The first-order valence-corrected chi connectivity index (χ1v) is 7.61. The zero-order valence-electron chi connectivity index (χ0n) is 13.8. The van der Waals surface area contributed by atoms with E-state index in [1.807, 2.05) is 0 Å². The minimum atomic E-state index is 0.182. The van der Waals surface area contributed by atoms with Crippen molar-refractivity contribution in [3.05, 3.63) is 41.0 Å². The second-order valence-corrected chi connectivity index (χ2v) is 7.85. The molecule has 1 aliphatic heterocycles. The molecule has 1 aromatic rings. The molecule has 0 saturated heterocycles. The first-order chi connectivity index (χ1) is 9.18. The Morgan fingerprint density at radius 2 is 1.40 bits per heavy atom. The van der Waals surface area contributed by atoms with Crippen LogP contribution in [-0.2, 0) is 15.6 Å². The summed E-state index contributed by atoms with van der Waals surface area (Å²) in [6.45, 7) is 15.3. The van der Waals surface area contributed by atoms with Crippen LogP contribution in [0.4, 0.5) is 0 Å². The fraction of sp³-hybridized carbons (Fsp3) is 0.579. The van der Waals surface area contributed by atoms with E-state index in [9.17, 15) is 0 Å². The molecule has 0 aromatic heterocycles. The second-order valence-electron chi connectivity index (χ2n) is 7.85. The highest BCUT2D eigenvalue weighted by Gasteiger charge is 2.21. The average molecular weight is 272 g/mol. The molecule has 1 heteroatoms. The normalized spacial score (nSPS) is 17.0. The number of rotatable bonds is 1. The molecule has 20 heavy (non-hydrogen) atoms. The lowest BCUT2D eigenvalue weighted by Gasteiger charge is -2.27. The summed E-state index contributed by atoms with van der Waals surface area (Å²) in [6.07, 6.45) is 3.26. The summed E-state index contributed by atoms with van der Waals surface area (Å²) in [7, 11) is 0.